The Morgan fingerprint density at radius 1 is 1.21 bits per heavy atom. The van der Waals surface area contributed by atoms with Crippen molar-refractivity contribution in [2.45, 2.75) is 45.4 Å². The number of hydrogen-bond donors (Lipinski definition) is 2. The van der Waals surface area contributed by atoms with E-state index in [9.17, 15) is 19.2 Å². The summed E-state index contributed by atoms with van der Waals surface area (Å²) in [5, 5.41) is 3.09. The van der Waals surface area contributed by atoms with E-state index >= 15 is 0 Å². The quantitative estimate of drug-likeness (QED) is 0.605. The highest BCUT2D eigenvalue weighted by Gasteiger charge is 2.37. The average molecular weight is 470 g/mol. The molecule has 0 bridgehead atoms. The van der Waals surface area contributed by atoms with Crippen LogP contribution in [0.3, 0.4) is 0 Å². The van der Waals surface area contributed by atoms with Gasteiger partial charge in [-0.3, -0.25) is 19.2 Å². The first kappa shape index (κ1) is 23.0. The zero-order valence-electron chi connectivity index (χ0n) is 18.5. The van der Waals surface area contributed by atoms with Crippen molar-refractivity contribution in [3.8, 4) is 0 Å². The van der Waals surface area contributed by atoms with Gasteiger partial charge in [-0.05, 0) is 49.3 Å². The number of primary amides is 1. The summed E-state index contributed by atoms with van der Waals surface area (Å²) < 4.78 is 5.21. The molecule has 3 amide bonds. The maximum absolute atomic E-state index is 12.6. The number of benzene rings is 1. The summed E-state index contributed by atoms with van der Waals surface area (Å²) in [5.74, 6) is -2.47. The lowest BCUT2D eigenvalue weighted by Crippen LogP contribution is -2.29. The van der Waals surface area contributed by atoms with Crippen molar-refractivity contribution in [1.29, 1.82) is 0 Å². The minimum absolute atomic E-state index is 0.0436. The molecule has 1 fully saturated rings. The molecule has 1 aromatic carbocycles. The van der Waals surface area contributed by atoms with Gasteiger partial charge in [0.25, 0.3) is 11.8 Å². The van der Waals surface area contributed by atoms with Crippen LogP contribution in [0, 0.1) is 5.92 Å². The molecule has 1 aromatic heterocycles. The largest absolute Gasteiger partial charge is 0.455 e. The predicted molar refractivity (Wildman–Crippen MR) is 125 cm³/mol. The molecule has 33 heavy (non-hydrogen) atoms. The van der Waals surface area contributed by atoms with Gasteiger partial charge >= 0.3 is 5.97 Å². The van der Waals surface area contributed by atoms with Gasteiger partial charge in [0.05, 0.1) is 11.5 Å². The van der Waals surface area contributed by atoms with Crippen LogP contribution in [0.4, 0.5) is 10.7 Å². The number of aryl methyl sites for hydroxylation is 2. The SMILES string of the molecule is CCc1ccccc1N1C[C@@H](C(=O)OCC(=O)Nc2sc3c(c2C(N)=O)CCCC3)CC1=O. The molecule has 0 radical (unpaired) electrons. The normalized spacial score (nSPS) is 17.5. The van der Waals surface area contributed by atoms with Gasteiger partial charge in [-0.1, -0.05) is 25.1 Å². The lowest BCUT2D eigenvalue weighted by Gasteiger charge is -2.19. The number of carbonyl (C=O) groups is 4. The first-order valence-electron chi connectivity index (χ1n) is 11.2. The van der Waals surface area contributed by atoms with Gasteiger partial charge in [0, 0.05) is 23.5 Å². The summed E-state index contributed by atoms with van der Waals surface area (Å²) >= 11 is 1.36. The van der Waals surface area contributed by atoms with Gasteiger partial charge in [-0.2, -0.15) is 0 Å². The number of thiophene rings is 1. The first-order valence-corrected chi connectivity index (χ1v) is 12.0. The molecule has 1 aliphatic carbocycles. The van der Waals surface area contributed by atoms with Crippen molar-refractivity contribution in [2.24, 2.45) is 11.7 Å². The molecule has 174 valence electrons. The van der Waals surface area contributed by atoms with Gasteiger partial charge in [-0.15, -0.1) is 11.3 Å². The number of anilines is 2. The van der Waals surface area contributed by atoms with E-state index in [0.717, 1.165) is 53.8 Å². The molecule has 2 aromatic rings. The highest BCUT2D eigenvalue weighted by molar-refractivity contribution is 7.17. The summed E-state index contributed by atoms with van der Waals surface area (Å²) in [5.41, 5.74) is 8.67. The molecule has 9 heteroatoms. The van der Waals surface area contributed by atoms with Gasteiger partial charge in [0.1, 0.15) is 5.00 Å². The summed E-state index contributed by atoms with van der Waals surface area (Å²) in [6.45, 7) is 1.74. The molecule has 2 heterocycles. The summed E-state index contributed by atoms with van der Waals surface area (Å²) in [6.07, 6.45) is 4.46. The topological polar surface area (TPSA) is 119 Å². The van der Waals surface area contributed by atoms with Crippen molar-refractivity contribution in [2.75, 3.05) is 23.4 Å². The van der Waals surface area contributed by atoms with Crippen LogP contribution >= 0.6 is 11.3 Å². The van der Waals surface area contributed by atoms with Gasteiger partial charge in [0.2, 0.25) is 5.91 Å². The summed E-state index contributed by atoms with van der Waals surface area (Å²) in [7, 11) is 0. The minimum atomic E-state index is -0.634. The second kappa shape index (κ2) is 9.74. The van der Waals surface area contributed by atoms with E-state index in [1.165, 1.54) is 11.3 Å². The molecule has 3 N–H and O–H groups in total. The van der Waals surface area contributed by atoms with Crippen LogP contribution < -0.4 is 16.0 Å². The molecule has 1 atom stereocenters. The zero-order valence-corrected chi connectivity index (χ0v) is 19.3. The molecular weight excluding hydrogens is 442 g/mol. The van der Waals surface area contributed by atoms with Crippen LogP contribution in [-0.2, 0) is 38.4 Å². The highest BCUT2D eigenvalue weighted by Crippen LogP contribution is 2.38. The number of nitrogens with zero attached hydrogens (tertiary/aromatic N) is 1. The number of ether oxygens (including phenoxy) is 1. The Bertz CT molecular complexity index is 1110. The van der Waals surface area contributed by atoms with Crippen LogP contribution in [0.2, 0.25) is 0 Å². The van der Waals surface area contributed by atoms with Crippen molar-refractivity contribution < 1.29 is 23.9 Å². The monoisotopic (exact) mass is 469 g/mol. The molecule has 1 saturated heterocycles. The molecule has 2 aliphatic rings. The van der Waals surface area contributed by atoms with Crippen molar-refractivity contribution in [1.82, 2.24) is 0 Å². The molecule has 0 unspecified atom stereocenters. The van der Waals surface area contributed by atoms with E-state index in [-0.39, 0.29) is 18.9 Å². The Morgan fingerprint density at radius 2 is 1.97 bits per heavy atom. The van der Waals surface area contributed by atoms with E-state index in [2.05, 4.69) is 5.32 Å². The number of nitrogens with two attached hydrogens (primary N) is 1. The van der Waals surface area contributed by atoms with Gasteiger partial charge in [0.15, 0.2) is 6.61 Å². The number of rotatable bonds is 7. The lowest BCUT2D eigenvalue weighted by atomic mass is 9.95. The first-order chi connectivity index (χ1) is 15.9. The molecule has 0 saturated carbocycles. The maximum Gasteiger partial charge on any atom is 0.311 e. The smallest absolute Gasteiger partial charge is 0.311 e. The predicted octanol–water partition coefficient (Wildman–Crippen LogP) is 2.82. The number of carbonyl (C=O) groups excluding carboxylic acids is 4. The maximum atomic E-state index is 12.6. The van der Waals surface area contributed by atoms with E-state index in [0.29, 0.717) is 10.6 Å². The number of amides is 3. The number of nitrogens with one attached hydrogen (secondary N) is 1. The Kier molecular flexibility index (Phi) is 6.78. The average Bonchev–Trinajstić information content (AvgIpc) is 3.37. The fourth-order valence-corrected chi connectivity index (χ4v) is 5.81. The lowest BCUT2D eigenvalue weighted by molar-refractivity contribution is -0.151. The van der Waals surface area contributed by atoms with E-state index in [1.54, 1.807) is 4.90 Å². The van der Waals surface area contributed by atoms with Crippen LogP contribution in [0.15, 0.2) is 24.3 Å². The fraction of sp³-hybridized carbons (Fsp3) is 0.417. The highest BCUT2D eigenvalue weighted by atomic mass is 32.1. The molecule has 0 spiro atoms. The molecule has 1 aliphatic heterocycles. The van der Waals surface area contributed by atoms with Crippen LogP contribution in [0.5, 0.6) is 0 Å². The van der Waals surface area contributed by atoms with Crippen LogP contribution in [-0.4, -0.2) is 36.8 Å². The number of esters is 1. The second-order valence-electron chi connectivity index (χ2n) is 8.32. The third kappa shape index (κ3) is 4.78. The standard InChI is InChI=1S/C24H27N3O5S/c1-2-14-7-3-5-9-17(14)27-12-15(11-20(27)29)24(31)32-13-19(28)26-23-21(22(25)30)16-8-4-6-10-18(16)33-23/h3,5,7,9,15H,2,4,6,8,10-13H2,1H3,(H2,25,30)(H,26,28)/t15-/m0/s1. The fourth-order valence-electron chi connectivity index (χ4n) is 4.50. The minimum Gasteiger partial charge on any atom is -0.455 e. The third-order valence-corrected chi connectivity index (χ3v) is 7.35. The second-order valence-corrected chi connectivity index (χ2v) is 9.43. The van der Waals surface area contributed by atoms with Crippen molar-refractivity contribution in [3.05, 3.63) is 45.8 Å². The number of para-hydroxylation sites is 1. The van der Waals surface area contributed by atoms with E-state index in [1.807, 2.05) is 31.2 Å². The Hall–Kier alpha value is -3.20. The van der Waals surface area contributed by atoms with Gasteiger partial charge < -0.3 is 20.7 Å². The number of fused-ring (bicyclic) bond motifs is 1. The Balaban J connectivity index is 1.36. The van der Waals surface area contributed by atoms with Crippen molar-refractivity contribution >= 4 is 45.7 Å². The van der Waals surface area contributed by atoms with Crippen molar-refractivity contribution in [3.63, 3.8) is 0 Å². The number of hydrogen-bond acceptors (Lipinski definition) is 6. The van der Waals surface area contributed by atoms with E-state index < -0.39 is 30.3 Å². The van der Waals surface area contributed by atoms with Crippen LogP contribution in [0.25, 0.3) is 0 Å². The molecular formula is C24H27N3O5S. The summed E-state index contributed by atoms with van der Waals surface area (Å²) in [4.78, 5) is 52.2. The summed E-state index contributed by atoms with van der Waals surface area (Å²) in [6, 6.07) is 7.61. The van der Waals surface area contributed by atoms with E-state index in [4.69, 9.17) is 10.5 Å². The molecule has 4 rings (SSSR count). The Labute approximate surface area is 196 Å². The Morgan fingerprint density at radius 3 is 2.73 bits per heavy atom. The van der Waals surface area contributed by atoms with Gasteiger partial charge in [-0.25, -0.2) is 0 Å². The molecule has 8 nitrogen and oxygen atoms in total. The third-order valence-electron chi connectivity index (χ3n) is 6.14. The van der Waals surface area contributed by atoms with Crippen LogP contribution in [0.1, 0.15) is 52.5 Å². The zero-order chi connectivity index (χ0) is 23.5.